The molecule has 3 aromatic rings. The molecule has 1 saturated heterocycles. The summed E-state index contributed by atoms with van der Waals surface area (Å²) < 4.78 is 9.32. The van der Waals surface area contributed by atoms with Gasteiger partial charge in [-0.05, 0) is 12.1 Å². The third kappa shape index (κ3) is 2.13. The lowest BCUT2D eigenvalue weighted by molar-refractivity contribution is 0.179. The lowest BCUT2D eigenvalue weighted by atomic mass is 10.1. The molecule has 0 spiro atoms. The van der Waals surface area contributed by atoms with Gasteiger partial charge in [0, 0.05) is 36.0 Å². The minimum Gasteiger partial charge on any atom is -0.398 e. The highest BCUT2D eigenvalue weighted by atomic mass is 16.5. The molecule has 8 heteroatoms. The largest absolute Gasteiger partial charge is 0.398 e. The molecule has 1 fully saturated rings. The maximum absolute atomic E-state index is 5.96. The molecule has 0 aliphatic carbocycles. The van der Waals surface area contributed by atoms with Crippen LogP contribution in [0, 0.1) is 0 Å². The second-order valence-electron chi connectivity index (χ2n) is 5.20. The van der Waals surface area contributed by atoms with Crippen molar-refractivity contribution in [1.82, 2.24) is 29.8 Å². The molecule has 22 heavy (non-hydrogen) atoms. The second-order valence-corrected chi connectivity index (χ2v) is 5.20. The Kier molecular flexibility index (Phi) is 3.08. The summed E-state index contributed by atoms with van der Waals surface area (Å²) in [5, 5.41) is 12.8. The highest BCUT2D eigenvalue weighted by Crippen LogP contribution is 2.30. The van der Waals surface area contributed by atoms with Crippen LogP contribution in [0.1, 0.15) is 12.1 Å². The lowest BCUT2D eigenvalue weighted by Crippen LogP contribution is -2.22. The molecule has 0 aromatic carbocycles. The van der Waals surface area contributed by atoms with Gasteiger partial charge in [-0.1, -0.05) is 5.21 Å². The molecule has 0 radical (unpaired) electrons. The van der Waals surface area contributed by atoms with E-state index in [2.05, 4.69) is 20.4 Å². The average molecular weight is 297 g/mol. The predicted molar refractivity (Wildman–Crippen MR) is 78.8 cm³/mol. The van der Waals surface area contributed by atoms with Gasteiger partial charge < -0.3 is 10.5 Å². The van der Waals surface area contributed by atoms with Crippen molar-refractivity contribution in [2.75, 3.05) is 18.9 Å². The van der Waals surface area contributed by atoms with Crippen LogP contribution in [0.4, 0.5) is 5.69 Å². The van der Waals surface area contributed by atoms with Crippen LogP contribution in [-0.4, -0.2) is 43.0 Å². The number of hydrogen-bond acceptors (Lipinski definition) is 6. The quantitative estimate of drug-likeness (QED) is 0.772. The summed E-state index contributed by atoms with van der Waals surface area (Å²) in [5.74, 6) is 0. The number of rotatable bonds is 3. The fourth-order valence-corrected chi connectivity index (χ4v) is 2.70. The number of aromatic nitrogens is 6. The fourth-order valence-electron chi connectivity index (χ4n) is 2.70. The van der Waals surface area contributed by atoms with Crippen LogP contribution in [0.15, 0.2) is 43.1 Å². The summed E-state index contributed by atoms with van der Waals surface area (Å²) in [5.41, 5.74) is 8.08. The van der Waals surface area contributed by atoms with Crippen molar-refractivity contribution in [3.63, 3.8) is 0 Å². The van der Waals surface area contributed by atoms with Crippen LogP contribution in [-0.2, 0) is 4.74 Å². The molecule has 1 aliphatic heterocycles. The minimum absolute atomic E-state index is 0.0547. The summed E-state index contributed by atoms with van der Waals surface area (Å²) in [7, 11) is 0. The minimum atomic E-state index is 0.0547. The van der Waals surface area contributed by atoms with Crippen molar-refractivity contribution < 1.29 is 4.74 Å². The zero-order valence-corrected chi connectivity index (χ0v) is 11.8. The molecular formula is C14H15N7O. The Balaban J connectivity index is 1.65. The maximum Gasteiger partial charge on any atom is 0.116 e. The first kappa shape index (κ1) is 13.0. The monoisotopic (exact) mass is 297 g/mol. The van der Waals surface area contributed by atoms with E-state index in [1.807, 2.05) is 27.8 Å². The number of nitrogen functional groups attached to an aromatic ring is 1. The van der Waals surface area contributed by atoms with Gasteiger partial charge in [0.25, 0.3) is 0 Å². The van der Waals surface area contributed by atoms with Gasteiger partial charge in [0.2, 0.25) is 0 Å². The predicted octanol–water partition coefficient (Wildman–Crippen LogP) is 0.931. The topological polar surface area (TPSA) is 96.7 Å². The number of nitrogens with two attached hydrogens (primary N) is 1. The summed E-state index contributed by atoms with van der Waals surface area (Å²) in [4.78, 5) is 4.09. The van der Waals surface area contributed by atoms with Crippen LogP contribution in [0.3, 0.4) is 0 Å². The zero-order valence-electron chi connectivity index (χ0n) is 11.8. The molecule has 0 amide bonds. The Labute approximate surface area is 126 Å². The normalized spacial score (nSPS) is 21.3. The first-order valence-corrected chi connectivity index (χ1v) is 7.01. The van der Waals surface area contributed by atoms with E-state index in [4.69, 9.17) is 10.5 Å². The third-order valence-electron chi connectivity index (χ3n) is 3.87. The lowest BCUT2D eigenvalue weighted by Gasteiger charge is -2.17. The molecule has 0 bridgehead atoms. The van der Waals surface area contributed by atoms with Gasteiger partial charge in [0.15, 0.2) is 0 Å². The molecule has 4 rings (SSSR count). The summed E-state index contributed by atoms with van der Waals surface area (Å²) in [6.07, 6.45) is 8.92. The molecule has 1 aliphatic rings. The maximum atomic E-state index is 5.96. The SMILES string of the molecule is Nc1ccncc1-c1cn([C@@H]2COC[C@@H]2n2cccn2)nn1. The molecule has 4 heterocycles. The molecule has 112 valence electrons. The molecule has 2 atom stereocenters. The van der Waals surface area contributed by atoms with Gasteiger partial charge >= 0.3 is 0 Å². The van der Waals surface area contributed by atoms with Crippen molar-refractivity contribution in [2.45, 2.75) is 12.1 Å². The van der Waals surface area contributed by atoms with E-state index >= 15 is 0 Å². The number of pyridine rings is 1. The van der Waals surface area contributed by atoms with E-state index in [-0.39, 0.29) is 12.1 Å². The Morgan fingerprint density at radius 2 is 2.05 bits per heavy atom. The standard InChI is InChI=1S/C14H15N7O/c15-11-2-4-16-6-10(11)12-7-21(19-18-12)14-9-22-8-13(14)20-5-1-3-17-20/h1-7,13-14H,8-9H2,(H2,15,16)/t13-,14+/m0/s1. The van der Waals surface area contributed by atoms with E-state index in [1.165, 1.54) is 0 Å². The number of nitrogens with zero attached hydrogens (tertiary/aromatic N) is 6. The Morgan fingerprint density at radius 1 is 1.18 bits per heavy atom. The van der Waals surface area contributed by atoms with Gasteiger partial charge in [-0.3, -0.25) is 9.67 Å². The fraction of sp³-hybridized carbons (Fsp3) is 0.286. The number of anilines is 1. The van der Waals surface area contributed by atoms with E-state index in [0.717, 1.165) is 5.56 Å². The van der Waals surface area contributed by atoms with Crippen molar-refractivity contribution in [3.05, 3.63) is 43.1 Å². The summed E-state index contributed by atoms with van der Waals surface area (Å²) >= 11 is 0. The average Bonchev–Trinajstić information content (AvgIpc) is 3.27. The van der Waals surface area contributed by atoms with Crippen molar-refractivity contribution in [2.24, 2.45) is 0 Å². The molecule has 2 N–H and O–H groups in total. The van der Waals surface area contributed by atoms with Gasteiger partial charge in [0.1, 0.15) is 11.7 Å². The van der Waals surface area contributed by atoms with Crippen molar-refractivity contribution >= 4 is 5.69 Å². The van der Waals surface area contributed by atoms with Crippen molar-refractivity contribution in [1.29, 1.82) is 0 Å². The summed E-state index contributed by atoms with van der Waals surface area (Å²) in [6, 6.07) is 3.81. The second kappa shape index (κ2) is 5.23. The molecule has 3 aromatic heterocycles. The number of hydrogen-bond donors (Lipinski definition) is 1. The highest BCUT2D eigenvalue weighted by molar-refractivity contribution is 5.71. The van der Waals surface area contributed by atoms with Crippen LogP contribution >= 0.6 is 0 Å². The first-order chi connectivity index (χ1) is 10.8. The molecular weight excluding hydrogens is 282 g/mol. The molecule has 0 saturated carbocycles. The van der Waals surface area contributed by atoms with Crippen LogP contribution in [0.2, 0.25) is 0 Å². The van der Waals surface area contributed by atoms with Crippen LogP contribution in [0.5, 0.6) is 0 Å². The van der Waals surface area contributed by atoms with E-state index in [9.17, 15) is 0 Å². The van der Waals surface area contributed by atoms with Crippen LogP contribution in [0.25, 0.3) is 11.3 Å². The molecule has 8 nitrogen and oxygen atoms in total. The van der Waals surface area contributed by atoms with E-state index < -0.39 is 0 Å². The van der Waals surface area contributed by atoms with E-state index in [0.29, 0.717) is 24.6 Å². The highest BCUT2D eigenvalue weighted by Gasteiger charge is 2.32. The Bertz CT molecular complexity index is 767. The Hall–Kier alpha value is -2.74. The van der Waals surface area contributed by atoms with Gasteiger partial charge in [-0.2, -0.15) is 5.10 Å². The van der Waals surface area contributed by atoms with Crippen LogP contribution < -0.4 is 5.73 Å². The Morgan fingerprint density at radius 3 is 2.82 bits per heavy atom. The summed E-state index contributed by atoms with van der Waals surface area (Å²) in [6.45, 7) is 1.19. The molecule has 0 unspecified atom stereocenters. The van der Waals surface area contributed by atoms with E-state index in [1.54, 1.807) is 24.7 Å². The third-order valence-corrected chi connectivity index (χ3v) is 3.87. The van der Waals surface area contributed by atoms with Gasteiger partial charge in [-0.15, -0.1) is 5.10 Å². The first-order valence-electron chi connectivity index (χ1n) is 7.01. The smallest absolute Gasteiger partial charge is 0.116 e. The number of ether oxygens (including phenoxy) is 1. The van der Waals surface area contributed by atoms with Gasteiger partial charge in [0.05, 0.1) is 25.5 Å². The van der Waals surface area contributed by atoms with Gasteiger partial charge in [-0.25, -0.2) is 4.68 Å². The van der Waals surface area contributed by atoms with Crippen molar-refractivity contribution in [3.8, 4) is 11.3 Å². The zero-order chi connectivity index (χ0) is 14.9.